The first-order valence-corrected chi connectivity index (χ1v) is 9.20. The van der Waals surface area contributed by atoms with E-state index in [1.807, 2.05) is 32.0 Å². The summed E-state index contributed by atoms with van der Waals surface area (Å²) < 4.78 is 12.1. The molecular formula is C19H18BrN3O3. The molecule has 26 heavy (non-hydrogen) atoms. The average Bonchev–Trinajstić information content (AvgIpc) is 3.27. The van der Waals surface area contributed by atoms with Gasteiger partial charge < -0.3 is 14.1 Å². The number of ether oxygens (including phenoxy) is 1. The lowest BCUT2D eigenvalue weighted by Crippen LogP contribution is -2.04. The van der Waals surface area contributed by atoms with Crippen LogP contribution in [-0.2, 0) is 0 Å². The maximum atomic E-state index is 13.1. The number of ketones is 1. The van der Waals surface area contributed by atoms with E-state index in [1.165, 1.54) is 7.11 Å². The summed E-state index contributed by atoms with van der Waals surface area (Å²) in [7, 11) is 1.53. The van der Waals surface area contributed by atoms with Crippen LogP contribution in [0.2, 0.25) is 0 Å². The Bertz CT molecular complexity index is 1000. The van der Waals surface area contributed by atoms with Crippen molar-refractivity contribution in [2.24, 2.45) is 0 Å². The lowest BCUT2D eigenvalue weighted by Gasteiger charge is -2.06. The van der Waals surface area contributed by atoms with Crippen LogP contribution < -0.4 is 4.74 Å². The molecule has 6 nitrogen and oxygen atoms in total. The first-order valence-electron chi connectivity index (χ1n) is 8.40. The normalized spacial score (nSPS) is 13.8. The number of aromatic nitrogens is 3. The SMILES string of the molecule is COc1[nH]c(-c2nnc(C3CC3)o2)c(C)c1C(=O)c1ccc(C)c(Br)c1. The Morgan fingerprint density at radius 1 is 1.31 bits per heavy atom. The number of aryl methyl sites for hydroxylation is 1. The third-order valence-corrected chi connectivity index (χ3v) is 5.52. The first kappa shape index (κ1) is 17.0. The van der Waals surface area contributed by atoms with E-state index in [0.29, 0.717) is 40.4 Å². The van der Waals surface area contributed by atoms with Gasteiger partial charge in [-0.25, -0.2) is 0 Å². The highest BCUT2D eigenvalue weighted by Gasteiger charge is 2.31. The number of benzene rings is 1. The summed E-state index contributed by atoms with van der Waals surface area (Å²) in [5.41, 5.74) is 3.48. The molecule has 0 saturated heterocycles. The molecule has 1 saturated carbocycles. The molecule has 1 aliphatic carbocycles. The number of carbonyl (C=O) groups excluding carboxylic acids is 1. The first-order chi connectivity index (χ1) is 12.5. The molecule has 0 spiro atoms. The lowest BCUT2D eigenvalue weighted by molar-refractivity contribution is 0.103. The van der Waals surface area contributed by atoms with Gasteiger partial charge in [-0.05, 0) is 43.9 Å². The molecule has 0 radical (unpaired) electrons. The van der Waals surface area contributed by atoms with Crippen molar-refractivity contribution in [1.29, 1.82) is 0 Å². The molecule has 1 aromatic carbocycles. The molecule has 7 heteroatoms. The van der Waals surface area contributed by atoms with Crippen LogP contribution in [0.25, 0.3) is 11.6 Å². The highest BCUT2D eigenvalue weighted by atomic mass is 79.9. The monoisotopic (exact) mass is 415 g/mol. The molecule has 0 aliphatic heterocycles. The lowest BCUT2D eigenvalue weighted by atomic mass is 10.0. The quantitative estimate of drug-likeness (QED) is 0.617. The Morgan fingerprint density at radius 2 is 2.08 bits per heavy atom. The zero-order valence-electron chi connectivity index (χ0n) is 14.7. The van der Waals surface area contributed by atoms with Gasteiger partial charge in [0, 0.05) is 16.0 Å². The number of nitrogens with one attached hydrogen (secondary N) is 1. The minimum absolute atomic E-state index is 0.121. The molecule has 1 fully saturated rings. The number of hydrogen-bond donors (Lipinski definition) is 1. The summed E-state index contributed by atoms with van der Waals surface area (Å²) in [6.07, 6.45) is 2.17. The summed E-state index contributed by atoms with van der Waals surface area (Å²) in [5, 5.41) is 8.25. The molecule has 0 unspecified atom stereocenters. The Hall–Kier alpha value is -2.41. The van der Waals surface area contributed by atoms with Crippen LogP contribution in [-0.4, -0.2) is 28.1 Å². The second kappa shape index (κ2) is 6.39. The number of halogens is 1. The molecule has 0 bridgehead atoms. The van der Waals surface area contributed by atoms with Crippen molar-refractivity contribution in [3.8, 4) is 17.5 Å². The maximum absolute atomic E-state index is 13.1. The molecule has 0 atom stereocenters. The number of methoxy groups -OCH3 is 1. The predicted molar refractivity (Wildman–Crippen MR) is 99.7 cm³/mol. The standard InChI is InChI=1S/C19H18BrN3O3/c1-9-4-5-12(8-13(9)20)16(24)14-10(2)15(21-18(14)25-3)19-23-22-17(26-19)11-6-7-11/h4-5,8,11,21H,6-7H2,1-3H3. The third kappa shape index (κ3) is 2.86. The van der Waals surface area contributed by atoms with Crippen LogP contribution >= 0.6 is 15.9 Å². The molecule has 3 aromatic rings. The van der Waals surface area contributed by atoms with Gasteiger partial charge in [0.2, 0.25) is 11.8 Å². The van der Waals surface area contributed by atoms with Gasteiger partial charge in [-0.15, -0.1) is 10.2 Å². The van der Waals surface area contributed by atoms with Crippen molar-refractivity contribution in [1.82, 2.24) is 15.2 Å². The van der Waals surface area contributed by atoms with Gasteiger partial charge in [0.25, 0.3) is 5.89 Å². The van der Waals surface area contributed by atoms with Crippen LogP contribution in [0.4, 0.5) is 0 Å². The van der Waals surface area contributed by atoms with Gasteiger partial charge in [-0.3, -0.25) is 4.79 Å². The van der Waals surface area contributed by atoms with Crippen LogP contribution in [0.3, 0.4) is 0 Å². The van der Waals surface area contributed by atoms with E-state index in [1.54, 1.807) is 0 Å². The van der Waals surface area contributed by atoms with Gasteiger partial charge in [-0.2, -0.15) is 0 Å². The Balaban J connectivity index is 1.76. The molecule has 2 heterocycles. The number of carbonyl (C=O) groups is 1. The van der Waals surface area contributed by atoms with Gasteiger partial charge in [-0.1, -0.05) is 28.1 Å². The largest absolute Gasteiger partial charge is 0.482 e. The Kier molecular flexibility index (Phi) is 4.19. The number of H-pyrrole nitrogens is 1. The maximum Gasteiger partial charge on any atom is 0.264 e. The van der Waals surface area contributed by atoms with Gasteiger partial charge >= 0.3 is 0 Å². The molecule has 1 aliphatic rings. The van der Waals surface area contributed by atoms with Crippen molar-refractivity contribution in [3.05, 3.63) is 50.8 Å². The van der Waals surface area contributed by atoms with Crippen LogP contribution in [0.5, 0.6) is 5.88 Å². The summed E-state index contributed by atoms with van der Waals surface area (Å²) in [6, 6.07) is 5.54. The van der Waals surface area contributed by atoms with Crippen LogP contribution in [0, 0.1) is 13.8 Å². The molecule has 0 amide bonds. The summed E-state index contributed by atoms with van der Waals surface area (Å²) in [6.45, 7) is 3.83. The van der Waals surface area contributed by atoms with E-state index in [9.17, 15) is 4.79 Å². The molecule has 2 aromatic heterocycles. The van der Waals surface area contributed by atoms with Crippen LogP contribution in [0.15, 0.2) is 27.1 Å². The second-order valence-corrected chi connectivity index (χ2v) is 7.40. The van der Waals surface area contributed by atoms with Crippen molar-refractivity contribution < 1.29 is 13.9 Å². The summed E-state index contributed by atoms with van der Waals surface area (Å²) in [5.74, 6) is 1.68. The number of aromatic amines is 1. The molecule has 1 N–H and O–H groups in total. The molecule has 134 valence electrons. The van der Waals surface area contributed by atoms with Crippen molar-refractivity contribution >= 4 is 21.7 Å². The third-order valence-electron chi connectivity index (χ3n) is 4.66. The van der Waals surface area contributed by atoms with Gasteiger partial charge in [0.15, 0.2) is 5.78 Å². The van der Waals surface area contributed by atoms with Gasteiger partial charge in [0.1, 0.15) is 5.69 Å². The topological polar surface area (TPSA) is 81.0 Å². The van der Waals surface area contributed by atoms with Crippen molar-refractivity contribution in [3.63, 3.8) is 0 Å². The van der Waals surface area contributed by atoms with E-state index < -0.39 is 0 Å². The number of nitrogens with zero attached hydrogens (tertiary/aromatic N) is 2. The molecule has 4 rings (SSSR count). The van der Waals surface area contributed by atoms with E-state index in [-0.39, 0.29) is 5.78 Å². The highest BCUT2D eigenvalue weighted by Crippen LogP contribution is 2.41. The Morgan fingerprint density at radius 3 is 2.73 bits per heavy atom. The smallest absolute Gasteiger partial charge is 0.264 e. The van der Waals surface area contributed by atoms with Gasteiger partial charge in [0.05, 0.1) is 12.7 Å². The summed E-state index contributed by atoms with van der Waals surface area (Å²) in [4.78, 5) is 16.2. The fourth-order valence-electron chi connectivity index (χ4n) is 2.91. The molecular weight excluding hydrogens is 398 g/mol. The Labute approximate surface area is 159 Å². The second-order valence-electron chi connectivity index (χ2n) is 6.55. The van der Waals surface area contributed by atoms with Crippen molar-refractivity contribution in [2.75, 3.05) is 7.11 Å². The fraction of sp³-hybridized carbons (Fsp3) is 0.316. The van der Waals surface area contributed by atoms with E-state index in [4.69, 9.17) is 9.15 Å². The van der Waals surface area contributed by atoms with Crippen LogP contribution in [0.1, 0.15) is 51.7 Å². The minimum Gasteiger partial charge on any atom is -0.482 e. The zero-order valence-corrected chi connectivity index (χ0v) is 16.3. The number of hydrogen-bond acceptors (Lipinski definition) is 5. The van der Waals surface area contributed by atoms with Crippen molar-refractivity contribution in [2.45, 2.75) is 32.6 Å². The summed E-state index contributed by atoms with van der Waals surface area (Å²) >= 11 is 3.48. The predicted octanol–water partition coefficient (Wildman–Crippen LogP) is 4.56. The highest BCUT2D eigenvalue weighted by molar-refractivity contribution is 9.10. The van der Waals surface area contributed by atoms with E-state index in [2.05, 4.69) is 31.1 Å². The number of rotatable bonds is 5. The average molecular weight is 416 g/mol. The minimum atomic E-state index is -0.121. The zero-order chi connectivity index (χ0) is 18.4. The fourth-order valence-corrected chi connectivity index (χ4v) is 3.29. The van der Waals surface area contributed by atoms with E-state index in [0.717, 1.165) is 28.4 Å². The van der Waals surface area contributed by atoms with E-state index >= 15 is 0 Å².